The van der Waals surface area contributed by atoms with E-state index in [1.54, 1.807) is 14.2 Å². The molecular formula is C42H53N5O2. The van der Waals surface area contributed by atoms with Gasteiger partial charge in [-0.2, -0.15) is 0 Å². The second-order valence-corrected chi connectivity index (χ2v) is 14.5. The minimum atomic E-state index is -0.119. The molecule has 0 amide bonds. The minimum Gasteiger partial charge on any atom is -0.497 e. The van der Waals surface area contributed by atoms with Crippen molar-refractivity contribution in [3.8, 4) is 11.5 Å². The van der Waals surface area contributed by atoms with Gasteiger partial charge in [0.1, 0.15) is 11.5 Å². The molecule has 0 radical (unpaired) electrons. The summed E-state index contributed by atoms with van der Waals surface area (Å²) in [5.74, 6) is 1.72. The van der Waals surface area contributed by atoms with Crippen LogP contribution in [0, 0.1) is 0 Å². The Morgan fingerprint density at radius 3 is 1.96 bits per heavy atom. The number of rotatable bonds is 11. The molecule has 0 bridgehead atoms. The number of nitrogens with one attached hydrogen (secondary N) is 2. The van der Waals surface area contributed by atoms with E-state index in [4.69, 9.17) is 20.9 Å². The molecule has 3 aromatic carbocycles. The Kier molecular flexibility index (Phi) is 10.6. The molecule has 2 aliphatic carbocycles. The third-order valence-electron chi connectivity index (χ3n) is 10.2. The van der Waals surface area contributed by atoms with Gasteiger partial charge >= 0.3 is 0 Å². The summed E-state index contributed by atoms with van der Waals surface area (Å²) in [6, 6.07) is 25.9. The summed E-state index contributed by atoms with van der Waals surface area (Å²) in [7, 11) is 3.38. The summed E-state index contributed by atoms with van der Waals surface area (Å²) in [4.78, 5) is 2.63. The lowest BCUT2D eigenvalue weighted by molar-refractivity contribution is 0.414. The molecule has 258 valence electrons. The highest BCUT2D eigenvalue weighted by Gasteiger charge is 2.39. The van der Waals surface area contributed by atoms with E-state index < -0.39 is 0 Å². The highest BCUT2D eigenvalue weighted by molar-refractivity contribution is 5.58. The van der Waals surface area contributed by atoms with Gasteiger partial charge in [-0.3, -0.25) is 0 Å². The van der Waals surface area contributed by atoms with E-state index in [-0.39, 0.29) is 35.6 Å². The number of hydrogen-bond donors (Lipinski definition) is 4. The molecule has 1 saturated heterocycles. The normalized spacial score (nSPS) is 23.9. The third kappa shape index (κ3) is 8.13. The van der Waals surface area contributed by atoms with Crippen LogP contribution in [0.3, 0.4) is 0 Å². The van der Waals surface area contributed by atoms with E-state index in [1.807, 2.05) is 24.3 Å². The highest BCUT2D eigenvalue weighted by Crippen LogP contribution is 2.41. The van der Waals surface area contributed by atoms with Crippen LogP contribution in [0.5, 0.6) is 11.5 Å². The van der Waals surface area contributed by atoms with Crippen molar-refractivity contribution >= 4 is 5.69 Å². The van der Waals surface area contributed by atoms with Crippen LogP contribution in [0.25, 0.3) is 0 Å². The first kappa shape index (κ1) is 34.6. The minimum absolute atomic E-state index is 0.0654. The standard InChI is InChI=1S/C42H53N5O2/c1-42(2,3)32-12-14-33(15-13-32)47-40(30-10-20-38(36(43)24-30)45-26-28-6-16-34(48-4)17-7-28)22-23-41(47)31-11-21-39(37(44)25-31)46-27-29-8-18-35(49-5)19-9-29/h6-21,24,36-38,40-41,45-46H,22-23,25-27,43-44H2,1-5H3/t36?,37-,38?,40?,41?/m1/s1. The maximum absolute atomic E-state index is 6.83. The van der Waals surface area contributed by atoms with Crippen molar-refractivity contribution in [1.29, 1.82) is 0 Å². The Balaban J connectivity index is 1.20. The maximum Gasteiger partial charge on any atom is 0.118 e. The molecule has 0 saturated carbocycles. The second-order valence-electron chi connectivity index (χ2n) is 14.5. The van der Waals surface area contributed by atoms with Gasteiger partial charge < -0.3 is 36.5 Å². The fraction of sp³-hybridized carbons (Fsp3) is 0.381. The summed E-state index contributed by atoms with van der Waals surface area (Å²) in [5, 5.41) is 7.23. The molecule has 1 aliphatic heterocycles. The monoisotopic (exact) mass is 659 g/mol. The lowest BCUT2D eigenvalue weighted by Crippen LogP contribution is -2.46. The Bertz CT molecular complexity index is 1680. The zero-order valence-corrected chi connectivity index (χ0v) is 29.7. The summed E-state index contributed by atoms with van der Waals surface area (Å²) in [6.07, 6.45) is 14.2. The van der Waals surface area contributed by atoms with Crippen molar-refractivity contribution in [1.82, 2.24) is 10.6 Å². The summed E-state index contributed by atoms with van der Waals surface area (Å²) in [5.41, 5.74) is 22.5. The molecule has 7 heteroatoms. The van der Waals surface area contributed by atoms with Crippen LogP contribution in [0.15, 0.2) is 120 Å². The first-order chi connectivity index (χ1) is 23.6. The van der Waals surface area contributed by atoms with E-state index in [1.165, 1.54) is 33.5 Å². The Morgan fingerprint density at radius 1 is 0.776 bits per heavy atom. The Morgan fingerprint density at radius 2 is 1.39 bits per heavy atom. The summed E-state index contributed by atoms with van der Waals surface area (Å²) < 4.78 is 10.6. The van der Waals surface area contributed by atoms with Gasteiger partial charge in [-0.1, -0.05) is 81.5 Å². The van der Waals surface area contributed by atoms with Crippen LogP contribution in [0.1, 0.15) is 56.7 Å². The lowest BCUT2D eigenvalue weighted by atomic mass is 9.87. The van der Waals surface area contributed by atoms with E-state index in [0.717, 1.165) is 49.5 Å². The molecule has 6 rings (SSSR count). The Labute approximate surface area is 292 Å². The molecule has 3 aromatic rings. The van der Waals surface area contributed by atoms with Gasteiger partial charge in [0.05, 0.1) is 26.3 Å². The van der Waals surface area contributed by atoms with Crippen molar-refractivity contribution < 1.29 is 9.47 Å². The predicted molar refractivity (Wildman–Crippen MR) is 202 cm³/mol. The first-order valence-electron chi connectivity index (χ1n) is 17.6. The molecule has 3 aliphatic rings. The topological polar surface area (TPSA) is 97.8 Å². The number of nitrogens with zero attached hydrogens (tertiary/aromatic N) is 1. The number of anilines is 1. The maximum atomic E-state index is 6.83. The fourth-order valence-corrected chi connectivity index (χ4v) is 7.26. The number of ether oxygens (including phenoxy) is 2. The Hall–Kier alpha value is -4.30. The van der Waals surface area contributed by atoms with Gasteiger partial charge in [-0.05, 0) is 95.0 Å². The number of hydrogen-bond acceptors (Lipinski definition) is 7. The van der Waals surface area contributed by atoms with Crippen molar-refractivity contribution in [2.45, 2.75) is 88.7 Å². The molecule has 1 fully saturated rings. The van der Waals surface area contributed by atoms with Crippen LogP contribution in [0.4, 0.5) is 5.69 Å². The SMILES string of the molecule is COc1ccc(CNC2=CC=C(C3CCC(C4=CC(N)C(NCc5ccc(OC)cc5)C=C4)N3c3ccc(C(C)(C)C)cc3)C[C@H]2N)cc1. The van der Waals surface area contributed by atoms with Gasteiger partial charge in [-0.15, -0.1) is 0 Å². The van der Waals surface area contributed by atoms with Crippen LogP contribution in [-0.2, 0) is 18.5 Å². The molecule has 4 unspecified atom stereocenters. The molecule has 0 spiro atoms. The number of nitrogens with two attached hydrogens (primary N) is 2. The largest absolute Gasteiger partial charge is 0.497 e. The number of methoxy groups -OCH3 is 2. The van der Waals surface area contributed by atoms with Crippen molar-refractivity contribution in [3.63, 3.8) is 0 Å². The summed E-state index contributed by atoms with van der Waals surface area (Å²) >= 11 is 0. The first-order valence-corrected chi connectivity index (χ1v) is 17.6. The average Bonchev–Trinajstić information content (AvgIpc) is 3.56. The van der Waals surface area contributed by atoms with Crippen LogP contribution >= 0.6 is 0 Å². The van der Waals surface area contributed by atoms with Gasteiger partial charge in [0.15, 0.2) is 0 Å². The smallest absolute Gasteiger partial charge is 0.118 e. The van der Waals surface area contributed by atoms with Gasteiger partial charge in [0.2, 0.25) is 0 Å². The molecule has 6 N–H and O–H groups in total. The van der Waals surface area contributed by atoms with E-state index >= 15 is 0 Å². The fourth-order valence-electron chi connectivity index (χ4n) is 7.26. The molecule has 49 heavy (non-hydrogen) atoms. The number of benzene rings is 3. The van der Waals surface area contributed by atoms with E-state index in [0.29, 0.717) is 0 Å². The van der Waals surface area contributed by atoms with Crippen LogP contribution in [-0.4, -0.2) is 44.4 Å². The zero-order valence-electron chi connectivity index (χ0n) is 29.7. The highest BCUT2D eigenvalue weighted by atomic mass is 16.5. The van der Waals surface area contributed by atoms with Crippen LogP contribution in [0.2, 0.25) is 0 Å². The molecule has 5 atom stereocenters. The zero-order chi connectivity index (χ0) is 34.5. The van der Waals surface area contributed by atoms with Crippen molar-refractivity contribution in [2.24, 2.45) is 11.5 Å². The predicted octanol–water partition coefficient (Wildman–Crippen LogP) is 6.65. The molecule has 1 heterocycles. The third-order valence-corrected chi connectivity index (χ3v) is 10.2. The van der Waals surface area contributed by atoms with Gasteiger partial charge in [-0.25, -0.2) is 0 Å². The van der Waals surface area contributed by atoms with E-state index in [2.05, 4.69) is 115 Å². The summed E-state index contributed by atoms with van der Waals surface area (Å²) in [6.45, 7) is 8.26. The second kappa shape index (κ2) is 15.1. The van der Waals surface area contributed by atoms with Crippen molar-refractivity contribution in [2.75, 3.05) is 19.1 Å². The molecular weight excluding hydrogens is 606 g/mol. The quantitative estimate of drug-likeness (QED) is 0.183. The molecule has 7 nitrogen and oxygen atoms in total. The van der Waals surface area contributed by atoms with Crippen molar-refractivity contribution in [3.05, 3.63) is 137 Å². The van der Waals surface area contributed by atoms with E-state index in [9.17, 15) is 0 Å². The molecule has 0 aromatic heterocycles. The van der Waals surface area contributed by atoms with Gasteiger partial charge in [0, 0.05) is 42.6 Å². The van der Waals surface area contributed by atoms with Crippen LogP contribution < -0.4 is 36.5 Å². The average molecular weight is 660 g/mol. The lowest BCUT2D eigenvalue weighted by Gasteiger charge is -2.38. The number of allylic oxidation sites excluding steroid dienone is 2. The van der Waals surface area contributed by atoms with Gasteiger partial charge in [0.25, 0.3) is 0 Å².